The van der Waals surface area contributed by atoms with Crippen LogP contribution in [0.4, 0.5) is 0 Å². The molecule has 5 unspecified atom stereocenters. The average Bonchev–Trinajstić information content (AvgIpc) is 3.39. The van der Waals surface area contributed by atoms with Gasteiger partial charge in [0, 0.05) is 24.0 Å². The van der Waals surface area contributed by atoms with E-state index in [-0.39, 0.29) is 34.2 Å². The predicted molar refractivity (Wildman–Crippen MR) is 145 cm³/mol. The van der Waals surface area contributed by atoms with Crippen LogP contribution in [0.25, 0.3) is 0 Å². The standard InChI is InChI=1S/2C16H28O2/c2*1-14(2)8-6-13(17)16(4)11(14)5-9-15(3)12(16)7-10-18-15/h2*11-13,17H,5-10H2,1-4H3/t11-,12+,13-,15+,16-;/m0./s1. The van der Waals surface area contributed by atoms with Crippen LogP contribution >= 0.6 is 0 Å². The van der Waals surface area contributed by atoms with Gasteiger partial charge >= 0.3 is 0 Å². The van der Waals surface area contributed by atoms with Gasteiger partial charge in [0.15, 0.2) is 0 Å². The summed E-state index contributed by atoms with van der Waals surface area (Å²) in [7, 11) is 0. The number of rotatable bonds is 0. The molecule has 4 heteroatoms. The van der Waals surface area contributed by atoms with E-state index in [1.165, 1.54) is 38.5 Å². The van der Waals surface area contributed by atoms with Crippen molar-refractivity contribution >= 4 is 0 Å². The Morgan fingerprint density at radius 3 is 1.19 bits per heavy atom. The molecule has 0 radical (unpaired) electrons. The van der Waals surface area contributed by atoms with E-state index in [0.717, 1.165) is 38.9 Å². The van der Waals surface area contributed by atoms with Crippen molar-refractivity contribution in [2.24, 2.45) is 45.3 Å². The van der Waals surface area contributed by atoms with Gasteiger partial charge < -0.3 is 19.7 Å². The second kappa shape index (κ2) is 8.67. The first-order valence-electron chi connectivity index (χ1n) is 15.3. The number of aliphatic hydroxyl groups is 2. The molecule has 2 heterocycles. The minimum atomic E-state index is -0.137. The Morgan fingerprint density at radius 1 is 0.472 bits per heavy atom. The van der Waals surface area contributed by atoms with E-state index in [1.54, 1.807) is 0 Å². The molecule has 2 aliphatic heterocycles. The number of aliphatic hydroxyl groups excluding tert-OH is 2. The van der Waals surface area contributed by atoms with E-state index >= 15 is 0 Å². The van der Waals surface area contributed by atoms with E-state index in [1.807, 2.05) is 0 Å². The summed E-state index contributed by atoms with van der Waals surface area (Å²) >= 11 is 0. The molecule has 10 atom stereocenters. The molecule has 208 valence electrons. The van der Waals surface area contributed by atoms with Gasteiger partial charge in [-0.2, -0.15) is 0 Å². The van der Waals surface area contributed by atoms with Crippen LogP contribution in [-0.2, 0) is 9.47 Å². The molecule has 0 aromatic carbocycles. The van der Waals surface area contributed by atoms with E-state index in [0.29, 0.717) is 34.5 Å². The normalized spacial score (nSPS) is 54.8. The lowest BCUT2D eigenvalue weighted by Crippen LogP contribution is -2.61. The van der Waals surface area contributed by atoms with Gasteiger partial charge in [0.05, 0.1) is 23.4 Å². The van der Waals surface area contributed by atoms with E-state index < -0.39 is 0 Å². The molecule has 4 nitrogen and oxygen atoms in total. The summed E-state index contributed by atoms with van der Waals surface area (Å²) < 4.78 is 12.1. The van der Waals surface area contributed by atoms with Crippen LogP contribution in [-0.4, -0.2) is 46.8 Å². The van der Waals surface area contributed by atoms with Crippen molar-refractivity contribution in [2.45, 2.75) is 143 Å². The largest absolute Gasteiger partial charge is 0.393 e. The van der Waals surface area contributed by atoms with Crippen molar-refractivity contribution in [2.75, 3.05) is 13.2 Å². The van der Waals surface area contributed by atoms with Gasteiger partial charge in [0.1, 0.15) is 0 Å². The quantitative estimate of drug-likeness (QED) is 0.383. The summed E-state index contributed by atoms with van der Waals surface area (Å²) in [6.07, 6.45) is 11.0. The maximum Gasteiger partial charge on any atom is 0.0689 e. The monoisotopic (exact) mass is 504 g/mol. The fraction of sp³-hybridized carbons (Fsp3) is 1.00. The van der Waals surface area contributed by atoms with Crippen LogP contribution in [0.1, 0.15) is 120 Å². The Hall–Kier alpha value is -0.160. The lowest BCUT2D eigenvalue weighted by atomic mass is 9.44. The maximum atomic E-state index is 10.7. The van der Waals surface area contributed by atoms with Crippen molar-refractivity contribution in [3.8, 4) is 0 Å². The molecule has 0 aromatic heterocycles. The summed E-state index contributed by atoms with van der Waals surface area (Å²) in [5.74, 6) is 2.37. The molecule has 6 rings (SSSR count). The molecule has 0 bridgehead atoms. The Kier molecular flexibility index (Phi) is 6.60. The van der Waals surface area contributed by atoms with Crippen LogP contribution in [0.2, 0.25) is 0 Å². The fourth-order valence-corrected chi connectivity index (χ4v) is 11.4. The van der Waals surface area contributed by atoms with Crippen LogP contribution in [0, 0.1) is 45.3 Å². The highest BCUT2D eigenvalue weighted by molar-refractivity contribution is 5.13. The van der Waals surface area contributed by atoms with Gasteiger partial charge in [-0.1, -0.05) is 41.5 Å². The Labute approximate surface area is 221 Å². The molecule has 0 aromatic rings. The molecule has 2 saturated heterocycles. The number of ether oxygens (including phenoxy) is 2. The third kappa shape index (κ3) is 3.81. The third-order valence-corrected chi connectivity index (χ3v) is 13.5. The van der Waals surface area contributed by atoms with Gasteiger partial charge in [-0.15, -0.1) is 0 Å². The van der Waals surface area contributed by atoms with Gasteiger partial charge in [0.25, 0.3) is 0 Å². The predicted octanol–water partition coefficient (Wildman–Crippen LogP) is 6.76. The molecule has 4 aliphatic carbocycles. The van der Waals surface area contributed by atoms with Crippen molar-refractivity contribution < 1.29 is 19.7 Å². The van der Waals surface area contributed by atoms with E-state index in [2.05, 4.69) is 55.4 Å². The lowest BCUT2D eigenvalue weighted by Gasteiger charge is -2.62. The second-order valence-corrected chi connectivity index (χ2v) is 16.0. The minimum absolute atomic E-state index is 0.0274. The summed E-state index contributed by atoms with van der Waals surface area (Å²) in [6, 6.07) is 0. The maximum absolute atomic E-state index is 10.7. The number of hydrogen-bond donors (Lipinski definition) is 2. The van der Waals surface area contributed by atoms with Crippen molar-refractivity contribution in [1.29, 1.82) is 0 Å². The first kappa shape index (κ1) is 27.4. The lowest BCUT2D eigenvalue weighted by molar-refractivity contribution is -0.195. The molecule has 0 spiro atoms. The highest BCUT2D eigenvalue weighted by atomic mass is 16.5. The smallest absolute Gasteiger partial charge is 0.0689 e. The third-order valence-electron chi connectivity index (χ3n) is 13.5. The van der Waals surface area contributed by atoms with Crippen LogP contribution in [0.3, 0.4) is 0 Å². The first-order chi connectivity index (χ1) is 16.6. The van der Waals surface area contributed by atoms with Crippen LogP contribution < -0.4 is 0 Å². The average molecular weight is 505 g/mol. The first-order valence-corrected chi connectivity index (χ1v) is 15.3. The molecular formula is C32H56O4. The van der Waals surface area contributed by atoms with Gasteiger partial charge in [-0.3, -0.25) is 0 Å². The van der Waals surface area contributed by atoms with Gasteiger partial charge in [0.2, 0.25) is 0 Å². The Morgan fingerprint density at radius 2 is 0.833 bits per heavy atom. The van der Waals surface area contributed by atoms with Crippen molar-refractivity contribution in [1.82, 2.24) is 0 Å². The Balaban J connectivity index is 0.000000148. The fourth-order valence-electron chi connectivity index (χ4n) is 11.4. The van der Waals surface area contributed by atoms with Crippen LogP contribution in [0.15, 0.2) is 0 Å². The molecule has 0 amide bonds. The molecule has 4 saturated carbocycles. The highest BCUT2D eigenvalue weighted by Crippen LogP contribution is 2.66. The number of hydrogen-bond acceptors (Lipinski definition) is 4. The molecule has 2 N–H and O–H groups in total. The topological polar surface area (TPSA) is 58.9 Å². The zero-order chi connectivity index (χ0) is 26.4. The van der Waals surface area contributed by atoms with Crippen LogP contribution in [0.5, 0.6) is 0 Å². The number of fused-ring (bicyclic) bond motifs is 6. The highest BCUT2D eigenvalue weighted by Gasteiger charge is 2.64. The van der Waals surface area contributed by atoms with E-state index in [4.69, 9.17) is 9.47 Å². The zero-order valence-corrected chi connectivity index (χ0v) is 24.7. The Bertz CT molecular complexity index is 762. The SMILES string of the molecule is CC1(C)CCC(O)C2(C)C1CCC1(C)OCCC12.CC1(C)CC[C@H](O)[C@@]2(C)[C@H]1CC[C@@]1(C)OCC[C@@H]21. The summed E-state index contributed by atoms with van der Waals surface area (Å²) in [4.78, 5) is 0. The molecular weight excluding hydrogens is 448 g/mol. The molecule has 6 fully saturated rings. The van der Waals surface area contributed by atoms with Gasteiger partial charge in [-0.05, 0) is 113 Å². The summed E-state index contributed by atoms with van der Waals surface area (Å²) in [5.41, 5.74) is 0.922. The second-order valence-electron chi connectivity index (χ2n) is 16.0. The zero-order valence-electron chi connectivity index (χ0n) is 24.7. The van der Waals surface area contributed by atoms with Crippen molar-refractivity contribution in [3.63, 3.8) is 0 Å². The van der Waals surface area contributed by atoms with Crippen molar-refractivity contribution in [3.05, 3.63) is 0 Å². The summed E-state index contributed by atoms with van der Waals surface area (Å²) in [5, 5.41) is 21.4. The minimum Gasteiger partial charge on any atom is -0.393 e. The van der Waals surface area contributed by atoms with Gasteiger partial charge in [-0.25, -0.2) is 0 Å². The summed E-state index contributed by atoms with van der Waals surface area (Å²) in [6.45, 7) is 20.6. The molecule has 6 aliphatic rings. The molecule has 36 heavy (non-hydrogen) atoms. The van der Waals surface area contributed by atoms with E-state index in [9.17, 15) is 10.2 Å².